The maximum absolute atomic E-state index is 6.50. The Morgan fingerprint density at radius 2 is 2.16 bits per heavy atom. The fourth-order valence-electron chi connectivity index (χ4n) is 1.63. The van der Waals surface area contributed by atoms with Crippen molar-refractivity contribution in [3.63, 3.8) is 0 Å². The number of halogens is 3. The Kier molecular flexibility index (Phi) is 5.58. The average Bonchev–Trinajstić information content (AvgIpc) is 2.76. The molecule has 0 fully saturated rings. The zero-order valence-corrected chi connectivity index (χ0v) is 14.2. The first-order valence-electron chi connectivity index (χ1n) is 5.93. The molecule has 0 saturated heterocycles. The van der Waals surface area contributed by atoms with Crippen LogP contribution in [0.15, 0.2) is 34.8 Å². The van der Waals surface area contributed by atoms with E-state index in [1.165, 1.54) is 11.3 Å². The van der Waals surface area contributed by atoms with Crippen molar-refractivity contribution in [1.29, 1.82) is 0 Å². The Balaban J connectivity index is 2.20. The van der Waals surface area contributed by atoms with Crippen LogP contribution < -0.4 is 4.74 Å². The van der Waals surface area contributed by atoms with Crippen LogP contribution in [0.2, 0.25) is 4.34 Å². The van der Waals surface area contributed by atoms with Crippen LogP contribution in [-0.2, 0) is 0 Å². The van der Waals surface area contributed by atoms with E-state index in [0.29, 0.717) is 6.61 Å². The molecule has 19 heavy (non-hydrogen) atoms. The van der Waals surface area contributed by atoms with Crippen molar-refractivity contribution < 1.29 is 4.74 Å². The van der Waals surface area contributed by atoms with Crippen molar-refractivity contribution in [2.24, 2.45) is 0 Å². The number of rotatable bonds is 5. The van der Waals surface area contributed by atoms with Crippen molar-refractivity contribution in [3.8, 4) is 5.75 Å². The summed E-state index contributed by atoms with van der Waals surface area (Å²) < 4.78 is 7.23. The van der Waals surface area contributed by atoms with E-state index in [0.717, 1.165) is 31.4 Å². The summed E-state index contributed by atoms with van der Waals surface area (Å²) in [6.45, 7) is 2.80. The van der Waals surface area contributed by atoms with Crippen molar-refractivity contribution in [2.45, 2.75) is 18.7 Å². The van der Waals surface area contributed by atoms with E-state index in [-0.39, 0.29) is 5.38 Å². The Morgan fingerprint density at radius 1 is 1.37 bits per heavy atom. The highest BCUT2D eigenvalue weighted by Crippen LogP contribution is 2.40. The normalized spacial score (nSPS) is 12.4. The molecule has 1 unspecified atom stereocenters. The molecule has 0 aliphatic rings. The summed E-state index contributed by atoms with van der Waals surface area (Å²) in [6, 6.07) is 9.84. The van der Waals surface area contributed by atoms with E-state index in [1.807, 2.05) is 30.3 Å². The monoisotopic (exact) mass is 378 g/mol. The third-order valence-electron chi connectivity index (χ3n) is 2.54. The molecule has 0 bridgehead atoms. The Morgan fingerprint density at radius 3 is 2.79 bits per heavy atom. The second-order valence-electron chi connectivity index (χ2n) is 4.05. The fourth-order valence-corrected chi connectivity index (χ4v) is 3.71. The number of thiophene rings is 1. The molecular weight excluding hydrogens is 367 g/mol. The Hall–Kier alpha value is -0.220. The topological polar surface area (TPSA) is 9.23 Å². The second-order valence-corrected chi connectivity index (χ2v) is 7.03. The van der Waals surface area contributed by atoms with E-state index in [4.69, 9.17) is 27.9 Å². The van der Waals surface area contributed by atoms with Crippen molar-refractivity contribution >= 4 is 50.5 Å². The number of benzene rings is 1. The van der Waals surface area contributed by atoms with Gasteiger partial charge in [-0.05, 0) is 46.1 Å². The molecule has 5 heteroatoms. The van der Waals surface area contributed by atoms with Gasteiger partial charge in [-0.25, -0.2) is 0 Å². The smallest absolute Gasteiger partial charge is 0.119 e. The first-order chi connectivity index (χ1) is 9.11. The van der Waals surface area contributed by atoms with Crippen LogP contribution in [0.1, 0.15) is 29.2 Å². The number of hydrogen-bond donors (Lipinski definition) is 0. The summed E-state index contributed by atoms with van der Waals surface area (Å²) in [4.78, 5) is 1.02. The van der Waals surface area contributed by atoms with Gasteiger partial charge < -0.3 is 4.74 Å². The SMILES string of the molecule is CCCOc1cccc(C(Cl)c2cc(Br)c(Cl)s2)c1. The molecule has 2 aromatic rings. The van der Waals surface area contributed by atoms with Gasteiger partial charge in [0.1, 0.15) is 10.1 Å². The third kappa shape index (κ3) is 3.88. The summed E-state index contributed by atoms with van der Waals surface area (Å²) in [5.41, 5.74) is 1.01. The molecule has 0 radical (unpaired) electrons. The van der Waals surface area contributed by atoms with E-state index < -0.39 is 0 Å². The Bertz CT molecular complexity index is 537. The molecule has 0 spiro atoms. The molecule has 0 aliphatic heterocycles. The van der Waals surface area contributed by atoms with Gasteiger partial charge in [0, 0.05) is 9.35 Å². The predicted octanol–water partition coefficient (Wildman–Crippen LogP) is 6.28. The lowest BCUT2D eigenvalue weighted by Gasteiger charge is -2.10. The van der Waals surface area contributed by atoms with E-state index in [9.17, 15) is 0 Å². The van der Waals surface area contributed by atoms with Gasteiger partial charge in [0.15, 0.2) is 0 Å². The summed E-state index contributed by atoms with van der Waals surface area (Å²) in [5.74, 6) is 0.853. The lowest BCUT2D eigenvalue weighted by atomic mass is 10.1. The Labute approximate surface area is 135 Å². The summed E-state index contributed by atoms with van der Waals surface area (Å²) in [7, 11) is 0. The molecule has 0 saturated carbocycles. The quantitative estimate of drug-likeness (QED) is 0.555. The van der Waals surface area contributed by atoms with Gasteiger partial charge in [0.25, 0.3) is 0 Å². The highest BCUT2D eigenvalue weighted by Gasteiger charge is 2.16. The number of ether oxygens (including phenoxy) is 1. The van der Waals surface area contributed by atoms with E-state index in [1.54, 1.807) is 0 Å². The molecule has 1 aromatic heterocycles. The van der Waals surface area contributed by atoms with Crippen molar-refractivity contribution in [2.75, 3.05) is 6.61 Å². The predicted molar refractivity (Wildman–Crippen MR) is 87.0 cm³/mol. The molecule has 1 heterocycles. The van der Waals surface area contributed by atoms with Crippen molar-refractivity contribution in [1.82, 2.24) is 0 Å². The molecule has 0 amide bonds. The lowest BCUT2D eigenvalue weighted by Crippen LogP contribution is -1.96. The molecule has 2 rings (SSSR count). The molecular formula is C14H13BrCl2OS. The van der Waals surface area contributed by atoms with E-state index >= 15 is 0 Å². The molecule has 0 N–H and O–H groups in total. The fraction of sp³-hybridized carbons (Fsp3) is 0.286. The van der Waals surface area contributed by atoms with Gasteiger partial charge in [-0.15, -0.1) is 22.9 Å². The van der Waals surface area contributed by atoms with Crippen LogP contribution in [0.3, 0.4) is 0 Å². The summed E-state index contributed by atoms with van der Waals surface area (Å²) in [5, 5.41) is -0.209. The summed E-state index contributed by atoms with van der Waals surface area (Å²) >= 11 is 17.4. The maximum Gasteiger partial charge on any atom is 0.119 e. The zero-order chi connectivity index (χ0) is 13.8. The maximum atomic E-state index is 6.50. The minimum Gasteiger partial charge on any atom is -0.494 e. The van der Waals surface area contributed by atoms with Crippen LogP contribution in [0.5, 0.6) is 5.75 Å². The summed E-state index contributed by atoms with van der Waals surface area (Å²) in [6.07, 6.45) is 0.988. The van der Waals surface area contributed by atoms with Crippen LogP contribution in [-0.4, -0.2) is 6.61 Å². The molecule has 102 valence electrons. The average molecular weight is 380 g/mol. The highest BCUT2D eigenvalue weighted by atomic mass is 79.9. The molecule has 0 aliphatic carbocycles. The zero-order valence-electron chi connectivity index (χ0n) is 10.3. The van der Waals surface area contributed by atoms with Crippen LogP contribution in [0, 0.1) is 0 Å². The molecule has 1 aromatic carbocycles. The minimum atomic E-state index is -0.209. The number of alkyl halides is 1. The highest BCUT2D eigenvalue weighted by molar-refractivity contribution is 9.10. The number of hydrogen-bond acceptors (Lipinski definition) is 2. The van der Waals surface area contributed by atoms with Gasteiger partial charge in [-0.3, -0.25) is 0 Å². The van der Waals surface area contributed by atoms with Gasteiger partial charge >= 0.3 is 0 Å². The van der Waals surface area contributed by atoms with Crippen LogP contribution >= 0.6 is 50.5 Å². The molecule has 1 nitrogen and oxygen atoms in total. The van der Waals surface area contributed by atoms with Gasteiger partial charge in [0.05, 0.1) is 12.0 Å². The standard InChI is InChI=1S/C14H13BrCl2OS/c1-2-6-18-10-5-3-4-9(7-10)13(16)12-8-11(15)14(17)19-12/h3-5,7-8,13H,2,6H2,1H3. The van der Waals surface area contributed by atoms with Crippen molar-refractivity contribution in [3.05, 3.63) is 49.6 Å². The van der Waals surface area contributed by atoms with Gasteiger partial charge in [0.2, 0.25) is 0 Å². The molecule has 1 atom stereocenters. The second kappa shape index (κ2) is 6.98. The van der Waals surface area contributed by atoms with Gasteiger partial charge in [-0.1, -0.05) is 30.7 Å². The van der Waals surface area contributed by atoms with E-state index in [2.05, 4.69) is 22.9 Å². The largest absolute Gasteiger partial charge is 0.494 e. The third-order valence-corrected chi connectivity index (χ3v) is 5.69. The van der Waals surface area contributed by atoms with Crippen LogP contribution in [0.4, 0.5) is 0 Å². The minimum absolute atomic E-state index is 0.209. The van der Waals surface area contributed by atoms with Crippen LogP contribution in [0.25, 0.3) is 0 Å². The lowest BCUT2D eigenvalue weighted by molar-refractivity contribution is 0.317. The first-order valence-corrected chi connectivity index (χ1v) is 8.35. The first kappa shape index (κ1) is 15.2. The van der Waals surface area contributed by atoms with Gasteiger partial charge in [-0.2, -0.15) is 0 Å².